The summed E-state index contributed by atoms with van der Waals surface area (Å²) in [5.74, 6) is 0.595. The molecule has 2 aliphatic heterocycles. The number of nitrogens with zero attached hydrogens (tertiary/aromatic N) is 2. The van der Waals surface area contributed by atoms with Gasteiger partial charge in [0.1, 0.15) is 0 Å². The van der Waals surface area contributed by atoms with Crippen LogP contribution in [0.4, 0.5) is 0 Å². The summed E-state index contributed by atoms with van der Waals surface area (Å²) in [6, 6.07) is 1.45. The number of hydrogen-bond donors (Lipinski definition) is 0. The summed E-state index contributed by atoms with van der Waals surface area (Å²) < 4.78 is 0. The van der Waals surface area contributed by atoms with Gasteiger partial charge in [0.15, 0.2) is 0 Å². The van der Waals surface area contributed by atoms with E-state index in [1.165, 1.54) is 32.5 Å². The van der Waals surface area contributed by atoms with Crippen LogP contribution in [0.3, 0.4) is 0 Å². The second-order valence-corrected chi connectivity index (χ2v) is 5.22. The number of alkyl halides is 1. The van der Waals surface area contributed by atoms with Gasteiger partial charge in [0.05, 0.1) is 0 Å². The Balaban J connectivity index is 1.92. The Hall–Kier alpha value is -0.0500. The molecule has 0 aromatic carbocycles. The maximum absolute atomic E-state index is 5.79. The zero-order chi connectivity index (χ0) is 10.8. The summed E-state index contributed by atoms with van der Waals surface area (Å²) >= 11 is 5.79. The van der Waals surface area contributed by atoms with Crippen molar-refractivity contribution in [3.05, 3.63) is 12.2 Å². The Kier molecular flexibility index (Phi) is 3.70. The predicted molar refractivity (Wildman–Crippen MR) is 65.5 cm³/mol. The number of hydrogen-bond acceptors (Lipinski definition) is 2. The van der Waals surface area contributed by atoms with Gasteiger partial charge in [-0.25, -0.2) is 0 Å². The zero-order valence-electron chi connectivity index (χ0n) is 9.58. The standard InChI is InChI=1S/C12H21ClN2/c1-10(6-13)7-15-9-12-4-3-5-14(12)8-11(15)2/h11-12H,1,3-9H2,2H3. The lowest BCUT2D eigenvalue weighted by atomic mass is 10.1. The first-order valence-corrected chi connectivity index (χ1v) is 6.45. The molecular weight excluding hydrogens is 208 g/mol. The molecule has 0 spiro atoms. The maximum Gasteiger partial charge on any atom is 0.0443 e. The van der Waals surface area contributed by atoms with Crippen molar-refractivity contribution in [1.29, 1.82) is 0 Å². The van der Waals surface area contributed by atoms with Crippen LogP contribution in [0.5, 0.6) is 0 Å². The van der Waals surface area contributed by atoms with E-state index in [1.54, 1.807) is 0 Å². The second kappa shape index (κ2) is 4.86. The second-order valence-electron chi connectivity index (χ2n) is 4.95. The van der Waals surface area contributed by atoms with Gasteiger partial charge < -0.3 is 0 Å². The van der Waals surface area contributed by atoms with Gasteiger partial charge in [0.2, 0.25) is 0 Å². The molecular formula is C12H21ClN2. The van der Waals surface area contributed by atoms with E-state index in [-0.39, 0.29) is 0 Å². The molecule has 2 fully saturated rings. The molecule has 2 heterocycles. The summed E-state index contributed by atoms with van der Waals surface area (Å²) in [6.45, 7) is 11.0. The van der Waals surface area contributed by atoms with Gasteiger partial charge in [-0.2, -0.15) is 0 Å². The van der Waals surface area contributed by atoms with Crippen molar-refractivity contribution in [1.82, 2.24) is 9.80 Å². The van der Waals surface area contributed by atoms with Gasteiger partial charge in [-0.05, 0) is 31.9 Å². The molecule has 2 nitrogen and oxygen atoms in total. The van der Waals surface area contributed by atoms with Gasteiger partial charge in [-0.15, -0.1) is 11.6 Å². The highest BCUT2D eigenvalue weighted by atomic mass is 35.5. The molecule has 2 rings (SSSR count). The molecule has 2 aliphatic rings. The van der Waals surface area contributed by atoms with Gasteiger partial charge in [0, 0.05) is 37.6 Å². The van der Waals surface area contributed by atoms with Crippen molar-refractivity contribution in [3.63, 3.8) is 0 Å². The van der Waals surface area contributed by atoms with Gasteiger partial charge in [-0.1, -0.05) is 6.58 Å². The molecule has 0 aromatic heterocycles. The van der Waals surface area contributed by atoms with E-state index in [4.69, 9.17) is 11.6 Å². The molecule has 0 radical (unpaired) electrons. The molecule has 0 N–H and O–H groups in total. The summed E-state index contributed by atoms with van der Waals surface area (Å²) in [7, 11) is 0. The van der Waals surface area contributed by atoms with Crippen molar-refractivity contribution in [3.8, 4) is 0 Å². The molecule has 2 saturated heterocycles. The number of rotatable bonds is 3. The maximum atomic E-state index is 5.79. The first kappa shape index (κ1) is 11.4. The van der Waals surface area contributed by atoms with Gasteiger partial charge >= 0.3 is 0 Å². The number of fused-ring (bicyclic) bond motifs is 1. The highest BCUT2D eigenvalue weighted by Gasteiger charge is 2.34. The molecule has 0 aromatic rings. The largest absolute Gasteiger partial charge is 0.298 e. The SMILES string of the molecule is C=C(CCl)CN1CC2CCCN2CC1C. The zero-order valence-corrected chi connectivity index (χ0v) is 10.3. The Morgan fingerprint density at radius 3 is 3.00 bits per heavy atom. The lowest BCUT2D eigenvalue weighted by molar-refractivity contribution is 0.0667. The summed E-state index contributed by atoms with van der Waals surface area (Å²) in [6.07, 6.45) is 2.75. The van der Waals surface area contributed by atoms with Crippen molar-refractivity contribution >= 4 is 11.6 Å². The topological polar surface area (TPSA) is 6.48 Å². The van der Waals surface area contributed by atoms with Crippen LogP contribution in [0.15, 0.2) is 12.2 Å². The van der Waals surface area contributed by atoms with Crippen LogP contribution in [0.2, 0.25) is 0 Å². The highest BCUT2D eigenvalue weighted by Crippen LogP contribution is 2.24. The molecule has 86 valence electrons. The minimum atomic E-state index is 0.595. The average Bonchev–Trinajstić information content (AvgIpc) is 2.65. The van der Waals surface area contributed by atoms with E-state index >= 15 is 0 Å². The van der Waals surface area contributed by atoms with E-state index in [0.29, 0.717) is 11.9 Å². The molecule has 0 aliphatic carbocycles. The fourth-order valence-corrected chi connectivity index (χ4v) is 2.88. The average molecular weight is 229 g/mol. The van der Waals surface area contributed by atoms with Crippen LogP contribution < -0.4 is 0 Å². The van der Waals surface area contributed by atoms with Gasteiger partial charge in [-0.3, -0.25) is 9.80 Å². The first-order chi connectivity index (χ1) is 7.20. The van der Waals surface area contributed by atoms with Crippen LogP contribution in [0.25, 0.3) is 0 Å². The predicted octanol–water partition coefficient (Wildman–Crippen LogP) is 1.95. The molecule has 2 atom stereocenters. The van der Waals surface area contributed by atoms with Crippen molar-refractivity contribution in [2.24, 2.45) is 0 Å². The van der Waals surface area contributed by atoms with E-state index in [2.05, 4.69) is 23.3 Å². The molecule has 0 amide bonds. The fraction of sp³-hybridized carbons (Fsp3) is 0.833. The minimum absolute atomic E-state index is 0.595. The molecule has 0 bridgehead atoms. The third kappa shape index (κ3) is 2.55. The monoisotopic (exact) mass is 228 g/mol. The third-order valence-electron chi connectivity index (χ3n) is 3.68. The Morgan fingerprint density at radius 1 is 1.47 bits per heavy atom. The summed E-state index contributed by atoms with van der Waals surface area (Å²) in [4.78, 5) is 5.18. The van der Waals surface area contributed by atoms with Crippen LogP contribution in [0, 0.1) is 0 Å². The number of halogens is 1. The quantitative estimate of drug-likeness (QED) is 0.538. The van der Waals surface area contributed by atoms with Crippen molar-refractivity contribution in [2.75, 3.05) is 32.1 Å². The molecule has 15 heavy (non-hydrogen) atoms. The van der Waals surface area contributed by atoms with Crippen LogP contribution in [0.1, 0.15) is 19.8 Å². The van der Waals surface area contributed by atoms with Gasteiger partial charge in [0.25, 0.3) is 0 Å². The van der Waals surface area contributed by atoms with E-state index in [0.717, 1.165) is 18.2 Å². The van der Waals surface area contributed by atoms with Crippen molar-refractivity contribution < 1.29 is 0 Å². The van der Waals surface area contributed by atoms with E-state index in [1.807, 2.05) is 0 Å². The van der Waals surface area contributed by atoms with E-state index < -0.39 is 0 Å². The first-order valence-electron chi connectivity index (χ1n) is 5.91. The lowest BCUT2D eigenvalue weighted by Gasteiger charge is -2.42. The Labute approximate surface area is 97.9 Å². The van der Waals surface area contributed by atoms with Crippen molar-refractivity contribution in [2.45, 2.75) is 31.8 Å². The van der Waals surface area contributed by atoms with Crippen LogP contribution in [-0.2, 0) is 0 Å². The Morgan fingerprint density at radius 2 is 2.27 bits per heavy atom. The van der Waals surface area contributed by atoms with Crippen LogP contribution >= 0.6 is 11.6 Å². The highest BCUT2D eigenvalue weighted by molar-refractivity contribution is 6.19. The summed E-state index contributed by atoms with van der Waals surface area (Å²) in [5.41, 5.74) is 1.15. The lowest BCUT2D eigenvalue weighted by Crippen LogP contribution is -2.55. The normalized spacial score (nSPS) is 32.9. The molecule has 2 unspecified atom stereocenters. The smallest absolute Gasteiger partial charge is 0.0443 e. The van der Waals surface area contributed by atoms with E-state index in [9.17, 15) is 0 Å². The third-order valence-corrected chi connectivity index (χ3v) is 4.06. The summed E-state index contributed by atoms with van der Waals surface area (Å²) in [5, 5.41) is 0. The molecule has 0 saturated carbocycles. The minimum Gasteiger partial charge on any atom is -0.298 e. The van der Waals surface area contributed by atoms with Crippen LogP contribution in [-0.4, -0.2) is 53.9 Å². The Bertz CT molecular complexity index is 242. The molecule has 3 heteroatoms. The number of piperazine rings is 1. The fourth-order valence-electron chi connectivity index (χ4n) is 2.80.